The summed E-state index contributed by atoms with van der Waals surface area (Å²) in [6.45, 7) is 0. The first-order chi connectivity index (χ1) is 11.7. The van der Waals surface area contributed by atoms with E-state index >= 15 is 0 Å². The molecule has 0 bridgehead atoms. The van der Waals surface area contributed by atoms with E-state index in [1.807, 2.05) is 60.7 Å². The zero-order valence-electron chi connectivity index (χ0n) is 12.9. The summed E-state index contributed by atoms with van der Waals surface area (Å²) < 4.78 is 0. The van der Waals surface area contributed by atoms with Crippen LogP contribution in [0.1, 0.15) is 5.56 Å². The highest BCUT2D eigenvalue weighted by atomic mass is 16.2. The molecule has 4 heteroatoms. The Bertz CT molecular complexity index is 864. The molecule has 0 radical (unpaired) electrons. The third-order valence-corrected chi connectivity index (χ3v) is 3.52. The molecule has 24 heavy (non-hydrogen) atoms. The number of hydrogen-bond acceptors (Lipinski definition) is 2. The summed E-state index contributed by atoms with van der Waals surface area (Å²) in [7, 11) is 0. The standard InChI is InChI=1S/C20H15N3O/c21-14-15-6-10-18(11-7-15)22-20(24)23-19-12-8-17(9-13-19)16-4-2-1-3-5-16/h1-13H,(H2,22,23,24). The zero-order chi connectivity index (χ0) is 16.8. The SMILES string of the molecule is N#Cc1ccc(NC(=O)Nc2ccc(-c3ccccc3)cc2)cc1. The van der Waals surface area contributed by atoms with E-state index < -0.39 is 0 Å². The van der Waals surface area contributed by atoms with Crippen LogP contribution in [0.15, 0.2) is 78.9 Å². The third kappa shape index (κ3) is 3.79. The maximum Gasteiger partial charge on any atom is 0.323 e. The van der Waals surface area contributed by atoms with Crippen molar-refractivity contribution in [1.82, 2.24) is 0 Å². The van der Waals surface area contributed by atoms with Crippen LogP contribution in [0.2, 0.25) is 0 Å². The summed E-state index contributed by atoms with van der Waals surface area (Å²) in [5.41, 5.74) is 4.12. The minimum atomic E-state index is -0.327. The van der Waals surface area contributed by atoms with Gasteiger partial charge < -0.3 is 10.6 Å². The fourth-order valence-electron chi connectivity index (χ4n) is 2.30. The monoisotopic (exact) mass is 313 g/mol. The van der Waals surface area contributed by atoms with Crippen LogP contribution in [-0.4, -0.2) is 6.03 Å². The Morgan fingerprint density at radius 3 is 1.75 bits per heavy atom. The van der Waals surface area contributed by atoms with Crippen molar-refractivity contribution in [1.29, 1.82) is 5.26 Å². The van der Waals surface area contributed by atoms with Crippen molar-refractivity contribution in [3.05, 3.63) is 84.4 Å². The molecule has 0 fully saturated rings. The minimum absolute atomic E-state index is 0.327. The number of carbonyl (C=O) groups is 1. The molecule has 0 aliphatic heterocycles. The molecular weight excluding hydrogens is 298 g/mol. The minimum Gasteiger partial charge on any atom is -0.308 e. The molecule has 0 atom stereocenters. The van der Waals surface area contributed by atoms with Gasteiger partial charge in [-0.3, -0.25) is 0 Å². The van der Waals surface area contributed by atoms with Crippen molar-refractivity contribution in [3.63, 3.8) is 0 Å². The Balaban J connectivity index is 1.63. The molecular formula is C20H15N3O. The molecule has 0 heterocycles. The average molecular weight is 313 g/mol. The number of carbonyl (C=O) groups excluding carboxylic acids is 1. The average Bonchev–Trinajstić information content (AvgIpc) is 2.64. The highest BCUT2D eigenvalue weighted by molar-refractivity contribution is 5.99. The van der Waals surface area contributed by atoms with Gasteiger partial charge in [0.15, 0.2) is 0 Å². The van der Waals surface area contributed by atoms with E-state index in [9.17, 15) is 4.79 Å². The van der Waals surface area contributed by atoms with Crippen LogP contribution in [0.3, 0.4) is 0 Å². The van der Waals surface area contributed by atoms with E-state index in [0.29, 0.717) is 16.9 Å². The Morgan fingerprint density at radius 1 is 0.708 bits per heavy atom. The third-order valence-electron chi connectivity index (χ3n) is 3.52. The number of nitrogens with zero attached hydrogens (tertiary/aromatic N) is 1. The summed E-state index contributed by atoms with van der Waals surface area (Å²) in [6.07, 6.45) is 0. The molecule has 3 rings (SSSR count). The Morgan fingerprint density at radius 2 is 1.21 bits per heavy atom. The molecule has 0 aliphatic rings. The van der Waals surface area contributed by atoms with Crippen LogP contribution < -0.4 is 10.6 Å². The van der Waals surface area contributed by atoms with Gasteiger partial charge in [-0.05, 0) is 47.5 Å². The number of amides is 2. The van der Waals surface area contributed by atoms with Gasteiger partial charge in [-0.25, -0.2) is 4.79 Å². The van der Waals surface area contributed by atoms with E-state index in [1.54, 1.807) is 24.3 Å². The van der Waals surface area contributed by atoms with Crippen molar-refractivity contribution in [2.24, 2.45) is 0 Å². The number of urea groups is 1. The normalized spacial score (nSPS) is 9.79. The molecule has 2 amide bonds. The smallest absolute Gasteiger partial charge is 0.308 e. The first kappa shape index (κ1) is 15.3. The predicted octanol–water partition coefficient (Wildman–Crippen LogP) is 4.87. The maximum atomic E-state index is 12.0. The second-order valence-corrected chi connectivity index (χ2v) is 5.21. The number of nitrogens with one attached hydrogen (secondary N) is 2. The van der Waals surface area contributed by atoms with Gasteiger partial charge in [-0.15, -0.1) is 0 Å². The van der Waals surface area contributed by atoms with Gasteiger partial charge in [0, 0.05) is 11.4 Å². The van der Waals surface area contributed by atoms with Gasteiger partial charge in [0.05, 0.1) is 11.6 Å². The lowest BCUT2D eigenvalue weighted by molar-refractivity contribution is 0.262. The van der Waals surface area contributed by atoms with Crippen LogP contribution in [0.5, 0.6) is 0 Å². The van der Waals surface area contributed by atoms with Crippen LogP contribution in [0.4, 0.5) is 16.2 Å². The van der Waals surface area contributed by atoms with Crippen molar-refractivity contribution in [2.75, 3.05) is 10.6 Å². The lowest BCUT2D eigenvalue weighted by Crippen LogP contribution is -2.19. The van der Waals surface area contributed by atoms with Gasteiger partial charge >= 0.3 is 6.03 Å². The highest BCUT2D eigenvalue weighted by Gasteiger charge is 2.03. The molecule has 4 nitrogen and oxygen atoms in total. The zero-order valence-corrected chi connectivity index (χ0v) is 12.9. The fourth-order valence-corrected chi connectivity index (χ4v) is 2.30. The predicted molar refractivity (Wildman–Crippen MR) is 95.7 cm³/mol. The van der Waals surface area contributed by atoms with Gasteiger partial charge in [0.25, 0.3) is 0 Å². The number of nitriles is 1. The molecule has 0 aromatic heterocycles. The van der Waals surface area contributed by atoms with Crippen LogP contribution in [0, 0.1) is 11.3 Å². The molecule has 3 aromatic rings. The number of rotatable bonds is 3. The van der Waals surface area contributed by atoms with E-state index in [0.717, 1.165) is 11.1 Å². The molecule has 2 N–H and O–H groups in total. The van der Waals surface area contributed by atoms with E-state index in [-0.39, 0.29) is 6.03 Å². The van der Waals surface area contributed by atoms with Crippen molar-refractivity contribution in [3.8, 4) is 17.2 Å². The van der Waals surface area contributed by atoms with E-state index in [1.165, 1.54) is 0 Å². The molecule has 3 aromatic carbocycles. The molecule has 0 saturated heterocycles. The van der Waals surface area contributed by atoms with Crippen LogP contribution >= 0.6 is 0 Å². The largest absolute Gasteiger partial charge is 0.323 e. The van der Waals surface area contributed by atoms with E-state index in [2.05, 4.69) is 10.6 Å². The lowest BCUT2D eigenvalue weighted by atomic mass is 10.1. The first-order valence-electron chi connectivity index (χ1n) is 7.48. The molecule has 0 saturated carbocycles. The Labute approximate surface area is 140 Å². The quantitative estimate of drug-likeness (QED) is 0.724. The summed E-state index contributed by atoms with van der Waals surface area (Å²) >= 11 is 0. The number of benzene rings is 3. The maximum absolute atomic E-state index is 12.0. The molecule has 0 spiro atoms. The summed E-state index contributed by atoms with van der Waals surface area (Å²) in [4.78, 5) is 12.0. The van der Waals surface area contributed by atoms with Crippen LogP contribution in [-0.2, 0) is 0 Å². The van der Waals surface area contributed by atoms with Crippen molar-refractivity contribution in [2.45, 2.75) is 0 Å². The lowest BCUT2D eigenvalue weighted by Gasteiger charge is -2.08. The van der Waals surface area contributed by atoms with Gasteiger partial charge in [-0.1, -0.05) is 42.5 Å². The second kappa shape index (κ2) is 7.12. The van der Waals surface area contributed by atoms with E-state index in [4.69, 9.17) is 5.26 Å². The van der Waals surface area contributed by atoms with Crippen molar-refractivity contribution >= 4 is 17.4 Å². The Hall–Kier alpha value is -3.58. The van der Waals surface area contributed by atoms with Gasteiger partial charge in [-0.2, -0.15) is 5.26 Å². The fraction of sp³-hybridized carbons (Fsp3) is 0. The first-order valence-corrected chi connectivity index (χ1v) is 7.48. The number of hydrogen-bond donors (Lipinski definition) is 2. The summed E-state index contributed by atoms with van der Waals surface area (Å²) in [5.74, 6) is 0. The molecule has 116 valence electrons. The van der Waals surface area contributed by atoms with Crippen LogP contribution in [0.25, 0.3) is 11.1 Å². The van der Waals surface area contributed by atoms with Gasteiger partial charge in [0.1, 0.15) is 0 Å². The van der Waals surface area contributed by atoms with Gasteiger partial charge in [0.2, 0.25) is 0 Å². The highest BCUT2D eigenvalue weighted by Crippen LogP contribution is 2.21. The Kier molecular flexibility index (Phi) is 4.55. The molecule has 0 aliphatic carbocycles. The second-order valence-electron chi connectivity index (χ2n) is 5.21. The topological polar surface area (TPSA) is 64.9 Å². The number of anilines is 2. The summed E-state index contributed by atoms with van der Waals surface area (Å²) in [6, 6.07) is 26.1. The van der Waals surface area contributed by atoms with Crippen molar-refractivity contribution < 1.29 is 4.79 Å². The molecule has 0 unspecified atom stereocenters. The summed E-state index contributed by atoms with van der Waals surface area (Å²) in [5, 5.41) is 14.3.